The second-order valence-corrected chi connectivity index (χ2v) is 5.09. The van der Waals surface area contributed by atoms with Crippen LogP contribution in [0.4, 0.5) is 5.82 Å². The Morgan fingerprint density at radius 1 is 1.41 bits per heavy atom. The molecular formula is C14H25N5O3. The van der Waals surface area contributed by atoms with Gasteiger partial charge in [0.15, 0.2) is 5.84 Å². The van der Waals surface area contributed by atoms with Crippen molar-refractivity contribution in [1.29, 1.82) is 5.41 Å². The van der Waals surface area contributed by atoms with Crippen LogP contribution >= 0.6 is 0 Å². The quantitative estimate of drug-likeness (QED) is 0.436. The van der Waals surface area contributed by atoms with Crippen LogP contribution in [0, 0.1) is 5.41 Å². The topological polar surface area (TPSA) is 107 Å². The molecule has 0 amide bonds. The minimum Gasteiger partial charge on any atom is -0.393 e. The summed E-state index contributed by atoms with van der Waals surface area (Å²) in [6, 6.07) is 0. The number of anilines is 1. The van der Waals surface area contributed by atoms with Crippen LogP contribution in [0.1, 0.15) is 31.5 Å². The van der Waals surface area contributed by atoms with Gasteiger partial charge in [-0.1, -0.05) is 0 Å². The van der Waals surface area contributed by atoms with Crippen LogP contribution in [0.15, 0.2) is 0 Å². The standard InChI is InChI=1S/C14H25N5O3/c1-3-16-14-11(12(15)18-5-7-22-8-6-18)17-13(10(21)9-20)19(14)4-2/h10,15-16,20-21H,3-9H2,1-2H3. The van der Waals surface area contributed by atoms with Gasteiger partial charge in [-0.3, -0.25) is 5.41 Å². The molecule has 1 aliphatic heterocycles. The van der Waals surface area contributed by atoms with E-state index in [-0.39, 0.29) is 0 Å². The second-order valence-electron chi connectivity index (χ2n) is 5.09. The molecule has 8 nitrogen and oxygen atoms in total. The first-order valence-electron chi connectivity index (χ1n) is 7.68. The number of nitrogens with zero attached hydrogens (tertiary/aromatic N) is 3. The maximum atomic E-state index is 9.97. The minimum atomic E-state index is -1.05. The fourth-order valence-electron chi connectivity index (χ4n) is 2.57. The van der Waals surface area contributed by atoms with Gasteiger partial charge in [-0.05, 0) is 13.8 Å². The molecule has 124 valence electrons. The third kappa shape index (κ3) is 3.23. The van der Waals surface area contributed by atoms with Gasteiger partial charge in [0.05, 0.1) is 19.8 Å². The van der Waals surface area contributed by atoms with Crippen LogP contribution in [0.3, 0.4) is 0 Å². The van der Waals surface area contributed by atoms with E-state index >= 15 is 0 Å². The van der Waals surface area contributed by atoms with Crippen molar-refractivity contribution in [2.45, 2.75) is 26.5 Å². The average molecular weight is 311 g/mol. The number of rotatable bonds is 6. The molecule has 1 aliphatic rings. The number of imidazole rings is 1. The number of aliphatic hydroxyl groups is 2. The average Bonchev–Trinajstić information content (AvgIpc) is 2.93. The highest BCUT2D eigenvalue weighted by molar-refractivity contribution is 5.99. The monoisotopic (exact) mass is 311 g/mol. The Morgan fingerprint density at radius 3 is 2.64 bits per heavy atom. The van der Waals surface area contributed by atoms with Crippen LogP contribution < -0.4 is 5.32 Å². The zero-order valence-electron chi connectivity index (χ0n) is 13.2. The van der Waals surface area contributed by atoms with Gasteiger partial charge in [0, 0.05) is 26.2 Å². The number of aliphatic hydroxyl groups excluding tert-OH is 2. The molecule has 2 rings (SSSR count). The molecule has 0 radical (unpaired) electrons. The van der Waals surface area contributed by atoms with Crippen LogP contribution in [0.2, 0.25) is 0 Å². The summed E-state index contributed by atoms with van der Waals surface area (Å²) in [5, 5.41) is 30.9. The number of aromatic nitrogens is 2. The molecule has 2 heterocycles. The van der Waals surface area contributed by atoms with Gasteiger partial charge in [0.25, 0.3) is 0 Å². The maximum Gasteiger partial charge on any atom is 0.151 e. The molecule has 1 saturated heterocycles. The van der Waals surface area contributed by atoms with E-state index < -0.39 is 12.7 Å². The smallest absolute Gasteiger partial charge is 0.151 e. The first-order chi connectivity index (χ1) is 10.6. The molecule has 0 aromatic carbocycles. The van der Waals surface area contributed by atoms with Crippen LogP contribution in [-0.2, 0) is 11.3 Å². The number of morpholine rings is 1. The molecule has 0 spiro atoms. The van der Waals surface area contributed by atoms with Crippen molar-refractivity contribution in [3.05, 3.63) is 11.5 Å². The summed E-state index contributed by atoms with van der Waals surface area (Å²) >= 11 is 0. The Labute approximate surface area is 130 Å². The van der Waals surface area contributed by atoms with Crippen molar-refractivity contribution >= 4 is 11.7 Å². The van der Waals surface area contributed by atoms with Crippen LogP contribution in [0.25, 0.3) is 0 Å². The lowest BCUT2D eigenvalue weighted by atomic mass is 10.3. The SMILES string of the molecule is CCNc1c(C(=N)N2CCOCC2)nc(C(O)CO)n1CC. The van der Waals surface area contributed by atoms with Crippen LogP contribution in [-0.4, -0.2) is 70.0 Å². The van der Waals surface area contributed by atoms with Crippen molar-refractivity contribution in [2.75, 3.05) is 44.8 Å². The largest absolute Gasteiger partial charge is 0.393 e. The molecule has 0 bridgehead atoms. The molecular weight excluding hydrogens is 286 g/mol. The summed E-state index contributed by atoms with van der Waals surface area (Å²) in [5.41, 5.74) is 0.508. The van der Waals surface area contributed by atoms with E-state index in [9.17, 15) is 10.2 Å². The zero-order valence-corrected chi connectivity index (χ0v) is 13.2. The third-order valence-electron chi connectivity index (χ3n) is 3.68. The van der Waals surface area contributed by atoms with Gasteiger partial charge in [0.1, 0.15) is 23.4 Å². The molecule has 0 aliphatic carbocycles. The summed E-state index contributed by atoms with van der Waals surface area (Å²) in [7, 11) is 0. The van der Waals surface area contributed by atoms with Crippen molar-refractivity contribution in [3.63, 3.8) is 0 Å². The number of amidine groups is 1. The molecule has 1 atom stereocenters. The molecule has 22 heavy (non-hydrogen) atoms. The van der Waals surface area contributed by atoms with Gasteiger partial charge in [-0.25, -0.2) is 4.98 Å². The minimum absolute atomic E-state index is 0.317. The fraction of sp³-hybridized carbons (Fsp3) is 0.714. The predicted molar refractivity (Wildman–Crippen MR) is 83.3 cm³/mol. The number of nitrogens with one attached hydrogen (secondary N) is 2. The van der Waals surface area contributed by atoms with Crippen molar-refractivity contribution < 1.29 is 14.9 Å². The van der Waals surface area contributed by atoms with Crippen molar-refractivity contribution in [1.82, 2.24) is 14.5 Å². The highest BCUT2D eigenvalue weighted by Crippen LogP contribution is 2.24. The summed E-state index contributed by atoms with van der Waals surface area (Å²) in [4.78, 5) is 6.35. The molecule has 1 fully saturated rings. The Morgan fingerprint density at radius 2 is 2.09 bits per heavy atom. The molecule has 0 saturated carbocycles. The lowest BCUT2D eigenvalue weighted by Crippen LogP contribution is -2.41. The first kappa shape index (κ1) is 16.7. The van der Waals surface area contributed by atoms with Crippen molar-refractivity contribution in [3.8, 4) is 0 Å². The highest BCUT2D eigenvalue weighted by atomic mass is 16.5. The van der Waals surface area contributed by atoms with Crippen molar-refractivity contribution in [2.24, 2.45) is 0 Å². The van der Waals surface area contributed by atoms with E-state index in [1.54, 1.807) is 0 Å². The van der Waals surface area contributed by atoms with E-state index in [1.807, 2.05) is 23.3 Å². The van der Waals surface area contributed by atoms with E-state index in [2.05, 4.69) is 10.3 Å². The van der Waals surface area contributed by atoms with Gasteiger partial charge in [-0.15, -0.1) is 0 Å². The fourth-order valence-corrected chi connectivity index (χ4v) is 2.57. The third-order valence-corrected chi connectivity index (χ3v) is 3.68. The lowest BCUT2D eigenvalue weighted by molar-refractivity contribution is 0.0678. The zero-order chi connectivity index (χ0) is 16.1. The second kappa shape index (κ2) is 7.57. The maximum absolute atomic E-state index is 9.97. The number of ether oxygens (including phenoxy) is 1. The number of hydrogen-bond donors (Lipinski definition) is 4. The normalized spacial score (nSPS) is 16.6. The molecule has 1 aromatic heterocycles. The Kier molecular flexibility index (Phi) is 5.76. The van der Waals surface area contributed by atoms with Gasteiger partial charge in [-0.2, -0.15) is 0 Å². The summed E-state index contributed by atoms with van der Waals surface area (Å²) < 4.78 is 7.13. The van der Waals surface area contributed by atoms with E-state index in [0.717, 1.165) is 0 Å². The number of hydrogen-bond acceptors (Lipinski definition) is 6. The van der Waals surface area contributed by atoms with Gasteiger partial charge >= 0.3 is 0 Å². The van der Waals surface area contributed by atoms with E-state index in [0.29, 0.717) is 62.6 Å². The Bertz CT molecular complexity index is 511. The summed E-state index contributed by atoms with van der Waals surface area (Å²) in [6.45, 7) is 7.30. The van der Waals surface area contributed by atoms with E-state index in [4.69, 9.17) is 10.1 Å². The Balaban J connectivity index is 2.39. The predicted octanol–water partition coefficient (Wildman–Crippen LogP) is 0.0181. The summed E-state index contributed by atoms with van der Waals surface area (Å²) in [5.74, 6) is 1.41. The molecule has 1 unspecified atom stereocenters. The molecule has 8 heteroatoms. The first-order valence-corrected chi connectivity index (χ1v) is 7.68. The molecule has 1 aromatic rings. The molecule has 4 N–H and O–H groups in total. The van der Waals surface area contributed by atoms with E-state index in [1.165, 1.54) is 0 Å². The summed E-state index contributed by atoms with van der Waals surface area (Å²) in [6.07, 6.45) is -1.05. The van der Waals surface area contributed by atoms with Gasteiger partial charge in [0.2, 0.25) is 0 Å². The highest BCUT2D eigenvalue weighted by Gasteiger charge is 2.26. The Hall–Kier alpha value is -1.64. The lowest BCUT2D eigenvalue weighted by Gasteiger charge is -2.28. The van der Waals surface area contributed by atoms with Crippen LogP contribution in [0.5, 0.6) is 0 Å². The van der Waals surface area contributed by atoms with Gasteiger partial charge < -0.3 is 29.7 Å².